The number of benzene rings is 1. The maximum Gasteiger partial charge on any atom is 0.321 e. The molecule has 4 N–H and O–H groups in total. The SMILES string of the molecule is CNC(=O)NC(=O)CSc1ccc(N)cc1OC. The number of hydrogen-bond donors (Lipinski definition) is 3. The average Bonchev–Trinajstić information content (AvgIpc) is 2.36. The summed E-state index contributed by atoms with van der Waals surface area (Å²) < 4.78 is 5.15. The summed E-state index contributed by atoms with van der Waals surface area (Å²) in [6, 6.07) is 4.65. The van der Waals surface area contributed by atoms with E-state index in [9.17, 15) is 9.59 Å². The number of imide groups is 1. The Kier molecular flexibility index (Phi) is 5.31. The van der Waals surface area contributed by atoms with Gasteiger partial charge in [0, 0.05) is 23.7 Å². The molecule has 0 aliphatic rings. The molecule has 3 amide bonds. The Morgan fingerprint density at radius 3 is 2.78 bits per heavy atom. The van der Waals surface area contributed by atoms with Gasteiger partial charge in [0.05, 0.1) is 12.9 Å². The summed E-state index contributed by atoms with van der Waals surface area (Å²) in [5.41, 5.74) is 6.21. The lowest BCUT2D eigenvalue weighted by molar-refractivity contribution is -0.117. The van der Waals surface area contributed by atoms with Crippen LogP contribution in [0.25, 0.3) is 0 Å². The first-order valence-electron chi connectivity index (χ1n) is 5.14. The number of nitrogens with one attached hydrogen (secondary N) is 2. The molecule has 0 bridgehead atoms. The zero-order valence-electron chi connectivity index (χ0n) is 10.1. The Hall–Kier alpha value is -1.89. The highest BCUT2D eigenvalue weighted by Crippen LogP contribution is 2.30. The van der Waals surface area contributed by atoms with E-state index in [0.717, 1.165) is 4.90 Å². The molecule has 0 aliphatic heterocycles. The van der Waals surface area contributed by atoms with E-state index >= 15 is 0 Å². The molecule has 1 rings (SSSR count). The molecule has 6 nitrogen and oxygen atoms in total. The van der Waals surface area contributed by atoms with Gasteiger partial charge >= 0.3 is 6.03 Å². The van der Waals surface area contributed by atoms with Crippen LogP contribution in [0.1, 0.15) is 0 Å². The number of urea groups is 1. The first-order valence-corrected chi connectivity index (χ1v) is 6.13. The third-order valence-corrected chi connectivity index (χ3v) is 3.08. The Morgan fingerprint density at radius 1 is 1.44 bits per heavy atom. The van der Waals surface area contributed by atoms with Gasteiger partial charge in [-0.25, -0.2) is 4.79 Å². The zero-order valence-corrected chi connectivity index (χ0v) is 11.0. The van der Waals surface area contributed by atoms with Crippen LogP contribution in [0.5, 0.6) is 5.75 Å². The minimum Gasteiger partial charge on any atom is -0.496 e. The quantitative estimate of drug-likeness (QED) is 0.556. The maximum atomic E-state index is 11.4. The van der Waals surface area contributed by atoms with E-state index in [1.54, 1.807) is 18.2 Å². The van der Waals surface area contributed by atoms with E-state index < -0.39 is 6.03 Å². The molecule has 0 saturated heterocycles. The fraction of sp³-hybridized carbons (Fsp3) is 0.273. The predicted octanol–water partition coefficient (Wildman–Crippen LogP) is 0.825. The first-order chi connectivity index (χ1) is 8.56. The topological polar surface area (TPSA) is 93.5 Å². The predicted molar refractivity (Wildman–Crippen MR) is 70.7 cm³/mol. The van der Waals surface area contributed by atoms with Crippen molar-refractivity contribution in [2.75, 3.05) is 25.6 Å². The molecule has 0 heterocycles. The Bertz CT molecular complexity index is 451. The molecule has 0 aliphatic carbocycles. The number of ether oxygens (including phenoxy) is 1. The average molecular weight is 269 g/mol. The van der Waals surface area contributed by atoms with Gasteiger partial charge in [0.15, 0.2) is 0 Å². The van der Waals surface area contributed by atoms with Crippen LogP contribution in [0.15, 0.2) is 23.1 Å². The maximum absolute atomic E-state index is 11.4. The van der Waals surface area contributed by atoms with Gasteiger partial charge in [-0.1, -0.05) is 0 Å². The molecule has 0 aromatic heterocycles. The van der Waals surface area contributed by atoms with Crippen LogP contribution in [0.3, 0.4) is 0 Å². The van der Waals surface area contributed by atoms with Gasteiger partial charge in [-0.3, -0.25) is 10.1 Å². The molecule has 7 heteroatoms. The lowest BCUT2D eigenvalue weighted by atomic mass is 10.3. The molecule has 0 spiro atoms. The van der Waals surface area contributed by atoms with Crippen molar-refractivity contribution in [3.63, 3.8) is 0 Å². The Balaban J connectivity index is 2.58. The fourth-order valence-corrected chi connectivity index (χ4v) is 1.98. The van der Waals surface area contributed by atoms with Crippen molar-refractivity contribution in [3.05, 3.63) is 18.2 Å². The van der Waals surface area contributed by atoms with Crippen molar-refractivity contribution >= 4 is 29.4 Å². The molecule has 1 aromatic carbocycles. The van der Waals surface area contributed by atoms with Crippen LogP contribution in [0, 0.1) is 0 Å². The normalized spacial score (nSPS) is 9.67. The van der Waals surface area contributed by atoms with E-state index in [1.165, 1.54) is 25.9 Å². The second-order valence-corrected chi connectivity index (χ2v) is 4.34. The summed E-state index contributed by atoms with van der Waals surface area (Å²) in [7, 11) is 2.97. The van der Waals surface area contributed by atoms with Gasteiger partial charge in [-0.2, -0.15) is 0 Å². The molecular weight excluding hydrogens is 254 g/mol. The number of rotatable bonds is 4. The van der Waals surface area contributed by atoms with E-state index in [2.05, 4.69) is 10.6 Å². The second kappa shape index (κ2) is 6.75. The Morgan fingerprint density at radius 2 is 2.17 bits per heavy atom. The summed E-state index contributed by atoms with van der Waals surface area (Å²) in [6.45, 7) is 0. The van der Waals surface area contributed by atoms with Gasteiger partial charge in [-0.05, 0) is 12.1 Å². The molecule has 18 heavy (non-hydrogen) atoms. The number of thioether (sulfide) groups is 1. The number of hydrogen-bond acceptors (Lipinski definition) is 5. The highest BCUT2D eigenvalue weighted by Gasteiger charge is 2.09. The fourth-order valence-electron chi connectivity index (χ4n) is 1.17. The number of carbonyl (C=O) groups excluding carboxylic acids is 2. The summed E-state index contributed by atoms with van der Waals surface area (Å²) in [5, 5.41) is 4.48. The van der Waals surface area contributed by atoms with Crippen LogP contribution < -0.4 is 21.1 Å². The number of nitrogen functional groups attached to an aromatic ring is 1. The number of methoxy groups -OCH3 is 1. The third kappa shape index (κ3) is 4.17. The second-order valence-electron chi connectivity index (χ2n) is 3.33. The Labute approximate surface area is 109 Å². The van der Waals surface area contributed by atoms with Crippen LogP contribution in [0.4, 0.5) is 10.5 Å². The van der Waals surface area contributed by atoms with Crippen molar-refractivity contribution in [1.29, 1.82) is 0 Å². The zero-order chi connectivity index (χ0) is 13.5. The lowest BCUT2D eigenvalue weighted by Crippen LogP contribution is -2.38. The summed E-state index contributed by atoms with van der Waals surface area (Å²) in [6.07, 6.45) is 0. The van der Waals surface area contributed by atoms with E-state index in [4.69, 9.17) is 10.5 Å². The van der Waals surface area contributed by atoms with Crippen molar-refractivity contribution in [2.45, 2.75) is 4.90 Å². The van der Waals surface area contributed by atoms with Crippen LogP contribution in [-0.4, -0.2) is 31.8 Å². The highest BCUT2D eigenvalue weighted by molar-refractivity contribution is 8.00. The van der Waals surface area contributed by atoms with Crippen LogP contribution in [0.2, 0.25) is 0 Å². The first kappa shape index (κ1) is 14.2. The molecule has 1 aromatic rings. The smallest absolute Gasteiger partial charge is 0.321 e. The van der Waals surface area contributed by atoms with Crippen molar-refractivity contribution in [3.8, 4) is 5.75 Å². The highest BCUT2D eigenvalue weighted by atomic mass is 32.2. The minimum atomic E-state index is -0.523. The third-order valence-electron chi connectivity index (χ3n) is 2.03. The van der Waals surface area contributed by atoms with Gasteiger partial charge in [-0.15, -0.1) is 11.8 Å². The summed E-state index contributed by atoms with van der Waals surface area (Å²) in [4.78, 5) is 23.1. The van der Waals surface area contributed by atoms with E-state index in [-0.39, 0.29) is 11.7 Å². The van der Waals surface area contributed by atoms with Gasteiger partial charge in [0.2, 0.25) is 5.91 Å². The number of anilines is 1. The lowest BCUT2D eigenvalue weighted by Gasteiger charge is -2.08. The van der Waals surface area contributed by atoms with Crippen molar-refractivity contribution < 1.29 is 14.3 Å². The number of amides is 3. The van der Waals surface area contributed by atoms with Crippen molar-refractivity contribution in [2.24, 2.45) is 0 Å². The van der Waals surface area contributed by atoms with Crippen LogP contribution >= 0.6 is 11.8 Å². The number of nitrogens with two attached hydrogens (primary N) is 1. The van der Waals surface area contributed by atoms with E-state index in [0.29, 0.717) is 11.4 Å². The molecular formula is C11H15N3O3S. The monoisotopic (exact) mass is 269 g/mol. The molecule has 0 unspecified atom stereocenters. The molecule has 0 fully saturated rings. The molecule has 0 radical (unpaired) electrons. The molecule has 0 atom stereocenters. The van der Waals surface area contributed by atoms with E-state index in [1.807, 2.05) is 0 Å². The molecule has 0 saturated carbocycles. The number of carbonyl (C=O) groups is 2. The van der Waals surface area contributed by atoms with Gasteiger partial charge < -0.3 is 15.8 Å². The summed E-state index contributed by atoms with van der Waals surface area (Å²) in [5.74, 6) is 0.346. The molecule has 98 valence electrons. The largest absolute Gasteiger partial charge is 0.496 e. The van der Waals surface area contributed by atoms with Gasteiger partial charge in [0.25, 0.3) is 0 Å². The minimum absolute atomic E-state index is 0.119. The standard InChI is InChI=1S/C11H15N3O3S/c1-13-11(16)14-10(15)6-18-9-4-3-7(12)5-8(9)17-2/h3-5H,6,12H2,1-2H3,(H2,13,14,15,16). The van der Waals surface area contributed by atoms with Crippen molar-refractivity contribution in [1.82, 2.24) is 10.6 Å². The van der Waals surface area contributed by atoms with Gasteiger partial charge in [0.1, 0.15) is 5.75 Å². The van der Waals surface area contributed by atoms with Crippen LogP contribution in [-0.2, 0) is 4.79 Å². The summed E-state index contributed by atoms with van der Waals surface area (Å²) >= 11 is 1.27.